The smallest absolute Gasteiger partial charge is 0.269 e. The zero-order valence-electron chi connectivity index (χ0n) is 13.7. The Morgan fingerprint density at radius 1 is 1.08 bits per heavy atom. The lowest BCUT2D eigenvalue weighted by Crippen LogP contribution is -2.46. The summed E-state index contributed by atoms with van der Waals surface area (Å²) in [7, 11) is 0. The molecule has 2 aromatic rings. The first-order valence-corrected chi connectivity index (χ1v) is 8.25. The zero-order chi connectivity index (χ0) is 16.7. The van der Waals surface area contributed by atoms with Gasteiger partial charge < -0.3 is 4.57 Å². The summed E-state index contributed by atoms with van der Waals surface area (Å²) in [5, 5.41) is 10.7. The summed E-state index contributed by atoms with van der Waals surface area (Å²) >= 11 is 0. The third kappa shape index (κ3) is 3.45. The van der Waals surface area contributed by atoms with Crippen LogP contribution in [0.2, 0.25) is 0 Å². The van der Waals surface area contributed by atoms with Crippen molar-refractivity contribution in [3.8, 4) is 0 Å². The van der Waals surface area contributed by atoms with Gasteiger partial charge in [0, 0.05) is 56.0 Å². The minimum Gasteiger partial charge on any atom is -0.312 e. The SMILES string of the molecule is Cl.O=c1cccc2n1CC1CC2CN(Cc2ccc([N+](=O)[O-])cc2)C1. The third-order valence-electron chi connectivity index (χ3n) is 5.11. The standard InChI is InChI=1S/C18H19N3O3.ClH/c22-18-3-1-2-17-15-8-14(11-20(17)18)10-19(12-15)9-13-4-6-16(7-5-13)21(23)24;/h1-7,14-15H,8-12H2;1H. The number of benzene rings is 1. The number of nitro benzene ring substituents is 1. The van der Waals surface area contributed by atoms with Crippen molar-refractivity contribution >= 4 is 18.1 Å². The molecule has 0 amide bonds. The van der Waals surface area contributed by atoms with Gasteiger partial charge in [-0.15, -0.1) is 12.4 Å². The first-order chi connectivity index (χ1) is 11.6. The number of aromatic nitrogens is 1. The van der Waals surface area contributed by atoms with Crippen molar-refractivity contribution in [2.45, 2.75) is 25.4 Å². The number of halogens is 1. The van der Waals surface area contributed by atoms with E-state index in [4.69, 9.17) is 0 Å². The molecule has 132 valence electrons. The molecule has 2 aliphatic heterocycles. The Kier molecular flexibility index (Phi) is 4.92. The van der Waals surface area contributed by atoms with Crippen LogP contribution in [0.25, 0.3) is 0 Å². The Labute approximate surface area is 151 Å². The minimum absolute atomic E-state index is 0. The summed E-state index contributed by atoms with van der Waals surface area (Å²) in [5.41, 5.74) is 2.46. The lowest BCUT2D eigenvalue weighted by Gasteiger charge is -2.42. The molecule has 1 aromatic carbocycles. The van der Waals surface area contributed by atoms with Crippen molar-refractivity contribution in [1.29, 1.82) is 0 Å². The maximum Gasteiger partial charge on any atom is 0.269 e. The molecular formula is C18H20ClN3O3. The van der Waals surface area contributed by atoms with Gasteiger partial charge >= 0.3 is 0 Å². The highest BCUT2D eigenvalue weighted by Crippen LogP contribution is 2.35. The Morgan fingerprint density at radius 2 is 1.84 bits per heavy atom. The van der Waals surface area contributed by atoms with Gasteiger partial charge in [0.05, 0.1) is 4.92 Å². The molecule has 2 aliphatic rings. The molecule has 0 aliphatic carbocycles. The van der Waals surface area contributed by atoms with E-state index in [0.29, 0.717) is 11.8 Å². The van der Waals surface area contributed by atoms with E-state index in [1.165, 1.54) is 0 Å². The topological polar surface area (TPSA) is 68.4 Å². The predicted octanol–water partition coefficient (Wildman–Crippen LogP) is 2.80. The van der Waals surface area contributed by atoms with Crippen LogP contribution in [-0.4, -0.2) is 27.5 Å². The van der Waals surface area contributed by atoms with Gasteiger partial charge in [-0.05, 0) is 24.0 Å². The summed E-state index contributed by atoms with van der Waals surface area (Å²) < 4.78 is 1.93. The number of nitrogens with zero attached hydrogens (tertiary/aromatic N) is 3. The Bertz CT molecular complexity index is 834. The molecule has 0 saturated carbocycles. The lowest BCUT2D eigenvalue weighted by atomic mass is 9.83. The van der Waals surface area contributed by atoms with Crippen LogP contribution in [0.15, 0.2) is 47.3 Å². The van der Waals surface area contributed by atoms with Crippen molar-refractivity contribution in [2.24, 2.45) is 5.92 Å². The molecule has 0 N–H and O–H groups in total. The maximum absolute atomic E-state index is 12.0. The predicted molar refractivity (Wildman–Crippen MR) is 97.2 cm³/mol. The second kappa shape index (κ2) is 6.98. The van der Waals surface area contributed by atoms with E-state index in [1.807, 2.05) is 22.8 Å². The van der Waals surface area contributed by atoms with E-state index >= 15 is 0 Å². The van der Waals surface area contributed by atoms with Crippen LogP contribution in [0.1, 0.15) is 23.6 Å². The van der Waals surface area contributed by atoms with Gasteiger partial charge in [0.1, 0.15) is 0 Å². The van der Waals surface area contributed by atoms with Crippen LogP contribution in [0.5, 0.6) is 0 Å². The number of piperidine rings is 1. The fourth-order valence-corrected chi connectivity index (χ4v) is 4.11. The lowest BCUT2D eigenvalue weighted by molar-refractivity contribution is -0.384. The molecule has 0 spiro atoms. The number of non-ortho nitro benzene ring substituents is 1. The number of likely N-dealkylation sites (tertiary alicyclic amines) is 1. The fraction of sp³-hybridized carbons (Fsp3) is 0.389. The van der Waals surface area contributed by atoms with Crippen molar-refractivity contribution in [2.75, 3.05) is 13.1 Å². The molecule has 3 heterocycles. The molecule has 7 heteroatoms. The van der Waals surface area contributed by atoms with Crippen LogP contribution in [0, 0.1) is 16.0 Å². The second-order valence-corrected chi connectivity index (χ2v) is 6.82. The molecule has 6 nitrogen and oxygen atoms in total. The maximum atomic E-state index is 12.0. The highest BCUT2D eigenvalue weighted by Gasteiger charge is 2.34. The number of nitro groups is 1. The Morgan fingerprint density at radius 3 is 2.56 bits per heavy atom. The molecule has 25 heavy (non-hydrogen) atoms. The van der Waals surface area contributed by atoms with E-state index in [9.17, 15) is 14.9 Å². The van der Waals surface area contributed by atoms with Gasteiger partial charge in [-0.2, -0.15) is 0 Å². The van der Waals surface area contributed by atoms with Gasteiger partial charge in [0.2, 0.25) is 0 Å². The number of rotatable bonds is 3. The molecule has 2 unspecified atom stereocenters. The van der Waals surface area contributed by atoms with E-state index in [0.717, 1.165) is 43.9 Å². The molecule has 0 radical (unpaired) electrons. The summed E-state index contributed by atoms with van der Waals surface area (Å²) in [6, 6.07) is 12.4. The molecule has 1 saturated heterocycles. The van der Waals surface area contributed by atoms with Crippen LogP contribution in [-0.2, 0) is 13.1 Å². The number of pyridine rings is 1. The number of fused-ring (bicyclic) bond motifs is 4. The van der Waals surface area contributed by atoms with Crippen LogP contribution < -0.4 is 5.56 Å². The summed E-state index contributed by atoms with van der Waals surface area (Å²) in [5.74, 6) is 0.888. The van der Waals surface area contributed by atoms with E-state index in [-0.39, 0.29) is 28.6 Å². The van der Waals surface area contributed by atoms with E-state index < -0.39 is 0 Å². The van der Waals surface area contributed by atoms with Gasteiger partial charge in [-0.25, -0.2) is 0 Å². The first-order valence-electron chi connectivity index (χ1n) is 8.25. The van der Waals surface area contributed by atoms with E-state index in [2.05, 4.69) is 11.0 Å². The van der Waals surface area contributed by atoms with Crippen molar-refractivity contribution < 1.29 is 4.92 Å². The van der Waals surface area contributed by atoms with Gasteiger partial charge in [-0.1, -0.05) is 18.2 Å². The van der Waals surface area contributed by atoms with Gasteiger partial charge in [0.15, 0.2) is 0 Å². The third-order valence-corrected chi connectivity index (χ3v) is 5.11. The van der Waals surface area contributed by atoms with Crippen molar-refractivity contribution in [3.63, 3.8) is 0 Å². The van der Waals surface area contributed by atoms with Crippen LogP contribution >= 0.6 is 12.4 Å². The molecular weight excluding hydrogens is 342 g/mol. The van der Waals surface area contributed by atoms with Gasteiger partial charge in [-0.3, -0.25) is 19.8 Å². The van der Waals surface area contributed by atoms with Crippen molar-refractivity contribution in [1.82, 2.24) is 9.47 Å². The quantitative estimate of drug-likeness (QED) is 0.622. The summed E-state index contributed by atoms with van der Waals surface area (Å²) in [6.45, 7) is 3.48. The minimum atomic E-state index is -0.371. The first kappa shape index (κ1) is 17.6. The Balaban J connectivity index is 0.00000182. The normalized spacial score (nSPS) is 21.9. The monoisotopic (exact) mass is 361 g/mol. The number of hydrogen-bond acceptors (Lipinski definition) is 4. The van der Waals surface area contributed by atoms with Crippen LogP contribution in [0.3, 0.4) is 0 Å². The van der Waals surface area contributed by atoms with Crippen molar-refractivity contribution in [3.05, 3.63) is 74.2 Å². The Hall–Kier alpha value is -2.18. The fourth-order valence-electron chi connectivity index (χ4n) is 4.11. The molecule has 2 atom stereocenters. The van der Waals surface area contributed by atoms with Gasteiger partial charge in [0.25, 0.3) is 11.2 Å². The highest BCUT2D eigenvalue weighted by atomic mass is 35.5. The zero-order valence-corrected chi connectivity index (χ0v) is 14.5. The molecule has 2 bridgehead atoms. The average Bonchev–Trinajstić information content (AvgIpc) is 2.56. The molecule has 4 rings (SSSR count). The number of hydrogen-bond donors (Lipinski definition) is 0. The largest absolute Gasteiger partial charge is 0.312 e. The highest BCUT2D eigenvalue weighted by molar-refractivity contribution is 5.85. The molecule has 1 fully saturated rings. The molecule has 1 aromatic heterocycles. The van der Waals surface area contributed by atoms with E-state index in [1.54, 1.807) is 18.2 Å². The average molecular weight is 362 g/mol. The second-order valence-electron chi connectivity index (χ2n) is 6.82. The van der Waals surface area contributed by atoms with Crippen LogP contribution in [0.4, 0.5) is 5.69 Å². The summed E-state index contributed by atoms with van der Waals surface area (Å²) in [4.78, 5) is 24.8. The summed E-state index contributed by atoms with van der Waals surface area (Å²) in [6.07, 6.45) is 1.14.